The molecule has 0 bridgehead atoms. The molecule has 0 radical (unpaired) electrons. The Morgan fingerprint density at radius 2 is 2.10 bits per heavy atom. The van der Waals surface area contributed by atoms with Crippen molar-refractivity contribution < 1.29 is 14.3 Å². The molecule has 0 amide bonds. The minimum atomic E-state index is -0.687. The molecule has 20 heavy (non-hydrogen) atoms. The summed E-state index contributed by atoms with van der Waals surface area (Å²) in [6.45, 7) is 3.72. The summed E-state index contributed by atoms with van der Waals surface area (Å²) in [5.41, 5.74) is 1.87. The van der Waals surface area contributed by atoms with Crippen molar-refractivity contribution in [2.45, 2.75) is 44.7 Å². The maximum atomic E-state index is 11.8. The van der Waals surface area contributed by atoms with Crippen LogP contribution in [-0.2, 0) is 16.0 Å². The van der Waals surface area contributed by atoms with Gasteiger partial charge in [-0.2, -0.15) is 0 Å². The van der Waals surface area contributed by atoms with Gasteiger partial charge in [-0.25, -0.2) is 0 Å². The number of carbonyl (C=O) groups is 1. The van der Waals surface area contributed by atoms with E-state index in [0.717, 1.165) is 25.0 Å². The number of ether oxygens (including phenoxy) is 2. The van der Waals surface area contributed by atoms with E-state index < -0.39 is 5.54 Å². The molecule has 110 valence electrons. The quantitative estimate of drug-likeness (QED) is 0.859. The van der Waals surface area contributed by atoms with Crippen molar-refractivity contribution in [3.63, 3.8) is 0 Å². The average molecular weight is 277 g/mol. The van der Waals surface area contributed by atoms with E-state index in [9.17, 15) is 4.79 Å². The van der Waals surface area contributed by atoms with Crippen LogP contribution in [0.25, 0.3) is 0 Å². The largest absolute Gasteiger partial charge is 0.497 e. The van der Waals surface area contributed by atoms with Gasteiger partial charge < -0.3 is 9.47 Å². The van der Waals surface area contributed by atoms with Crippen molar-refractivity contribution >= 4 is 5.97 Å². The molecule has 1 N–H and O–H groups in total. The molecule has 2 rings (SSSR count). The molecule has 1 aromatic rings. The molecule has 0 spiro atoms. The molecule has 0 saturated heterocycles. The summed E-state index contributed by atoms with van der Waals surface area (Å²) in [5, 5.41) is 3.42. The van der Waals surface area contributed by atoms with Gasteiger partial charge in [0.2, 0.25) is 0 Å². The molecule has 0 aliphatic heterocycles. The smallest absolute Gasteiger partial charge is 0.325 e. The molecule has 0 saturated carbocycles. The first-order valence-electron chi connectivity index (χ1n) is 7.01. The average Bonchev–Trinajstić information content (AvgIpc) is 2.45. The number of hydrogen-bond acceptors (Lipinski definition) is 4. The van der Waals surface area contributed by atoms with Crippen molar-refractivity contribution in [2.75, 3.05) is 14.2 Å². The summed E-state index contributed by atoms with van der Waals surface area (Å²) < 4.78 is 10.1. The third kappa shape index (κ3) is 2.96. The highest BCUT2D eigenvalue weighted by atomic mass is 16.5. The van der Waals surface area contributed by atoms with Crippen LogP contribution in [0, 0.1) is 0 Å². The van der Waals surface area contributed by atoms with Gasteiger partial charge in [0.25, 0.3) is 0 Å². The molecule has 1 aliphatic rings. The van der Waals surface area contributed by atoms with Gasteiger partial charge in [0.15, 0.2) is 0 Å². The summed E-state index contributed by atoms with van der Waals surface area (Å²) in [5.74, 6) is 0.648. The normalized spacial score (nSPS) is 18.3. The zero-order valence-electron chi connectivity index (χ0n) is 12.7. The Morgan fingerprint density at radius 3 is 2.75 bits per heavy atom. The number of hydrogen-bond donors (Lipinski definition) is 1. The third-order valence-corrected chi connectivity index (χ3v) is 3.90. The first kappa shape index (κ1) is 14.9. The van der Waals surface area contributed by atoms with Gasteiger partial charge in [-0.1, -0.05) is 6.07 Å². The van der Waals surface area contributed by atoms with E-state index in [2.05, 4.69) is 17.4 Å². The van der Waals surface area contributed by atoms with Crippen LogP contribution in [0.15, 0.2) is 18.2 Å². The van der Waals surface area contributed by atoms with Gasteiger partial charge in [-0.3, -0.25) is 10.1 Å². The summed E-state index contributed by atoms with van der Waals surface area (Å²) in [7, 11) is 3.10. The van der Waals surface area contributed by atoms with E-state index in [1.807, 2.05) is 19.9 Å². The minimum Gasteiger partial charge on any atom is -0.497 e. The Bertz CT molecular complexity index is 496. The third-order valence-electron chi connectivity index (χ3n) is 3.90. The van der Waals surface area contributed by atoms with Crippen LogP contribution < -0.4 is 10.1 Å². The molecule has 1 atom stereocenters. The standard InChI is InChI=1S/C16H23NO3/c1-16(2,15(18)20-4)17-14-7-5-6-11-10-12(19-3)8-9-13(11)14/h8-10,14,17H,5-7H2,1-4H3. The molecule has 1 unspecified atom stereocenters. The summed E-state index contributed by atoms with van der Waals surface area (Å²) in [4.78, 5) is 11.8. The maximum Gasteiger partial charge on any atom is 0.325 e. The zero-order valence-corrected chi connectivity index (χ0v) is 12.7. The topological polar surface area (TPSA) is 47.6 Å². The van der Waals surface area contributed by atoms with Gasteiger partial charge in [-0.15, -0.1) is 0 Å². The number of methoxy groups -OCH3 is 2. The minimum absolute atomic E-state index is 0.179. The zero-order chi connectivity index (χ0) is 14.8. The molecular formula is C16H23NO3. The predicted octanol–water partition coefficient (Wildman–Crippen LogP) is 2.61. The van der Waals surface area contributed by atoms with Crippen molar-refractivity contribution in [3.05, 3.63) is 29.3 Å². The Morgan fingerprint density at radius 1 is 1.35 bits per heavy atom. The molecular weight excluding hydrogens is 254 g/mol. The maximum absolute atomic E-state index is 11.8. The van der Waals surface area contributed by atoms with Crippen LogP contribution in [0.2, 0.25) is 0 Å². The Balaban J connectivity index is 2.22. The number of carbonyl (C=O) groups excluding carboxylic acids is 1. The number of nitrogens with one attached hydrogen (secondary N) is 1. The van der Waals surface area contributed by atoms with Crippen molar-refractivity contribution in [2.24, 2.45) is 0 Å². The fraction of sp³-hybridized carbons (Fsp3) is 0.562. The van der Waals surface area contributed by atoms with E-state index in [-0.39, 0.29) is 12.0 Å². The molecule has 1 aliphatic carbocycles. The van der Waals surface area contributed by atoms with Crippen LogP contribution >= 0.6 is 0 Å². The SMILES string of the molecule is COC(=O)C(C)(C)NC1CCCc2cc(OC)ccc21. The molecule has 1 aromatic carbocycles. The highest BCUT2D eigenvalue weighted by Crippen LogP contribution is 2.33. The predicted molar refractivity (Wildman–Crippen MR) is 77.9 cm³/mol. The van der Waals surface area contributed by atoms with Gasteiger partial charge in [-0.05, 0) is 56.4 Å². The van der Waals surface area contributed by atoms with Crippen LogP contribution in [0.5, 0.6) is 5.75 Å². The lowest BCUT2D eigenvalue weighted by Gasteiger charge is -2.33. The monoisotopic (exact) mass is 277 g/mol. The lowest BCUT2D eigenvalue weighted by Crippen LogP contribution is -2.49. The first-order chi connectivity index (χ1) is 9.47. The number of rotatable bonds is 4. The fourth-order valence-electron chi connectivity index (χ4n) is 2.82. The fourth-order valence-corrected chi connectivity index (χ4v) is 2.82. The summed E-state index contributed by atoms with van der Waals surface area (Å²) in [6.07, 6.45) is 3.19. The van der Waals surface area contributed by atoms with Gasteiger partial charge >= 0.3 is 5.97 Å². The molecule has 4 nitrogen and oxygen atoms in total. The van der Waals surface area contributed by atoms with E-state index in [4.69, 9.17) is 9.47 Å². The van der Waals surface area contributed by atoms with Gasteiger partial charge in [0.1, 0.15) is 11.3 Å². The van der Waals surface area contributed by atoms with Crippen LogP contribution in [-0.4, -0.2) is 25.7 Å². The van der Waals surface area contributed by atoms with E-state index in [1.165, 1.54) is 18.2 Å². The van der Waals surface area contributed by atoms with E-state index >= 15 is 0 Å². The molecule has 4 heteroatoms. The Labute approximate surface area is 120 Å². The van der Waals surface area contributed by atoms with Crippen LogP contribution in [0.4, 0.5) is 0 Å². The summed E-state index contributed by atoms with van der Waals surface area (Å²) in [6, 6.07) is 6.34. The highest BCUT2D eigenvalue weighted by molar-refractivity contribution is 5.79. The van der Waals surface area contributed by atoms with E-state index in [1.54, 1.807) is 7.11 Å². The molecule has 0 heterocycles. The number of fused-ring (bicyclic) bond motifs is 1. The second kappa shape index (κ2) is 5.83. The Kier molecular flexibility index (Phi) is 4.33. The van der Waals surface area contributed by atoms with Crippen molar-refractivity contribution in [3.8, 4) is 5.75 Å². The van der Waals surface area contributed by atoms with Crippen LogP contribution in [0.1, 0.15) is 43.9 Å². The summed E-state index contributed by atoms with van der Waals surface area (Å²) >= 11 is 0. The highest BCUT2D eigenvalue weighted by Gasteiger charge is 2.33. The lowest BCUT2D eigenvalue weighted by atomic mass is 9.86. The molecule has 0 aromatic heterocycles. The van der Waals surface area contributed by atoms with Gasteiger partial charge in [0.05, 0.1) is 14.2 Å². The number of benzene rings is 1. The van der Waals surface area contributed by atoms with Crippen LogP contribution in [0.3, 0.4) is 0 Å². The number of esters is 1. The van der Waals surface area contributed by atoms with Crippen molar-refractivity contribution in [1.82, 2.24) is 5.32 Å². The van der Waals surface area contributed by atoms with E-state index in [0.29, 0.717) is 0 Å². The second-order valence-corrected chi connectivity index (χ2v) is 5.77. The number of aryl methyl sites for hydroxylation is 1. The second-order valence-electron chi connectivity index (χ2n) is 5.77. The van der Waals surface area contributed by atoms with Gasteiger partial charge in [0, 0.05) is 6.04 Å². The van der Waals surface area contributed by atoms with Crippen molar-refractivity contribution in [1.29, 1.82) is 0 Å². The lowest BCUT2D eigenvalue weighted by molar-refractivity contribution is -0.147. The molecule has 0 fully saturated rings. The first-order valence-corrected chi connectivity index (χ1v) is 7.01. The Hall–Kier alpha value is -1.55.